The van der Waals surface area contributed by atoms with Gasteiger partial charge in [-0.2, -0.15) is 10.3 Å². The first-order valence-corrected chi connectivity index (χ1v) is 8.32. The molecule has 1 fully saturated rings. The highest BCUT2D eigenvalue weighted by Crippen LogP contribution is 2.25. The quantitative estimate of drug-likeness (QED) is 0.767. The second-order valence-corrected chi connectivity index (χ2v) is 5.43. The molecule has 3 rings (SSSR count). The average molecular weight is 347 g/mol. The number of carbonyl (C=O) groups excluding carboxylic acids is 1. The van der Waals surface area contributed by atoms with Gasteiger partial charge in [-0.15, -0.1) is 5.10 Å². The summed E-state index contributed by atoms with van der Waals surface area (Å²) < 4.78 is 21.7. The van der Waals surface area contributed by atoms with Gasteiger partial charge in [0, 0.05) is 12.0 Å². The molecule has 2 aromatic rings. The van der Waals surface area contributed by atoms with E-state index in [0.717, 1.165) is 25.2 Å². The van der Waals surface area contributed by atoms with Crippen molar-refractivity contribution >= 4 is 5.97 Å². The summed E-state index contributed by atoms with van der Waals surface area (Å²) >= 11 is 0. The standard InChI is InChI=1S/C17H21N3O5/c1-2-22-17(21)16-15(18-20-19-16)12-5-3-6-13(11-12)23-10-7-14-24-8-4-9-25-14/h3,5-6,11,14H,2,4,7-10H2,1H3,(H,18,19,20). The number of aromatic nitrogens is 3. The summed E-state index contributed by atoms with van der Waals surface area (Å²) in [6, 6.07) is 7.32. The lowest BCUT2D eigenvalue weighted by Crippen LogP contribution is -2.26. The Hall–Kier alpha value is -2.45. The van der Waals surface area contributed by atoms with Crippen LogP contribution in [0.4, 0.5) is 0 Å². The third-order valence-electron chi connectivity index (χ3n) is 3.64. The molecular formula is C17H21N3O5. The fraction of sp³-hybridized carbons (Fsp3) is 0.471. The predicted octanol–water partition coefficient (Wildman–Crippen LogP) is 2.18. The summed E-state index contributed by atoms with van der Waals surface area (Å²) in [6.45, 7) is 3.94. The molecule has 1 aliphatic heterocycles. The summed E-state index contributed by atoms with van der Waals surface area (Å²) in [4.78, 5) is 11.9. The van der Waals surface area contributed by atoms with Crippen LogP contribution in [0, 0.1) is 0 Å². The molecule has 1 aromatic heterocycles. The smallest absolute Gasteiger partial charge is 0.361 e. The van der Waals surface area contributed by atoms with E-state index in [0.29, 0.717) is 24.5 Å². The number of aromatic amines is 1. The van der Waals surface area contributed by atoms with Gasteiger partial charge in [0.25, 0.3) is 0 Å². The number of H-pyrrole nitrogens is 1. The lowest BCUT2D eigenvalue weighted by molar-refractivity contribution is -0.183. The summed E-state index contributed by atoms with van der Waals surface area (Å²) in [5.74, 6) is 0.162. The molecule has 134 valence electrons. The molecule has 0 radical (unpaired) electrons. The highest BCUT2D eigenvalue weighted by atomic mass is 16.7. The van der Waals surface area contributed by atoms with Crippen molar-refractivity contribution in [3.63, 3.8) is 0 Å². The maximum atomic E-state index is 11.9. The molecule has 0 saturated carbocycles. The molecule has 1 saturated heterocycles. The number of nitrogens with zero attached hydrogens (tertiary/aromatic N) is 2. The molecule has 0 bridgehead atoms. The van der Waals surface area contributed by atoms with Gasteiger partial charge in [0.2, 0.25) is 0 Å². The molecule has 0 spiro atoms. The van der Waals surface area contributed by atoms with Crippen molar-refractivity contribution in [2.45, 2.75) is 26.1 Å². The van der Waals surface area contributed by atoms with E-state index in [2.05, 4.69) is 15.4 Å². The Morgan fingerprint density at radius 2 is 2.16 bits per heavy atom. The van der Waals surface area contributed by atoms with E-state index >= 15 is 0 Å². The van der Waals surface area contributed by atoms with E-state index < -0.39 is 5.97 Å². The number of carbonyl (C=O) groups is 1. The normalized spacial score (nSPS) is 15.1. The summed E-state index contributed by atoms with van der Waals surface area (Å²) in [5, 5.41) is 10.4. The Bertz CT molecular complexity index is 697. The van der Waals surface area contributed by atoms with E-state index in [1.807, 2.05) is 24.3 Å². The van der Waals surface area contributed by atoms with Crippen LogP contribution in [-0.4, -0.2) is 54.1 Å². The minimum Gasteiger partial charge on any atom is -0.493 e. The fourth-order valence-corrected chi connectivity index (χ4v) is 2.48. The van der Waals surface area contributed by atoms with Gasteiger partial charge in [-0.3, -0.25) is 0 Å². The van der Waals surface area contributed by atoms with Gasteiger partial charge in [-0.1, -0.05) is 12.1 Å². The number of benzene rings is 1. The maximum Gasteiger partial charge on any atom is 0.361 e. The molecular weight excluding hydrogens is 326 g/mol. The number of esters is 1. The van der Waals surface area contributed by atoms with Gasteiger partial charge >= 0.3 is 5.97 Å². The Balaban J connectivity index is 1.63. The van der Waals surface area contributed by atoms with Crippen molar-refractivity contribution in [2.75, 3.05) is 26.4 Å². The Morgan fingerprint density at radius 3 is 2.96 bits per heavy atom. The third kappa shape index (κ3) is 4.55. The minimum atomic E-state index is -0.510. The summed E-state index contributed by atoms with van der Waals surface area (Å²) in [6.07, 6.45) is 1.38. The van der Waals surface area contributed by atoms with Crippen LogP contribution in [0.3, 0.4) is 0 Å². The molecule has 2 heterocycles. The van der Waals surface area contributed by atoms with Gasteiger partial charge in [-0.05, 0) is 25.5 Å². The van der Waals surface area contributed by atoms with Crippen LogP contribution in [0.15, 0.2) is 24.3 Å². The van der Waals surface area contributed by atoms with Crippen LogP contribution in [0.1, 0.15) is 30.3 Å². The first-order chi connectivity index (χ1) is 12.3. The van der Waals surface area contributed by atoms with E-state index in [1.165, 1.54) is 0 Å². The monoisotopic (exact) mass is 347 g/mol. The molecule has 25 heavy (non-hydrogen) atoms. The zero-order valence-electron chi connectivity index (χ0n) is 14.1. The number of ether oxygens (including phenoxy) is 4. The first kappa shape index (κ1) is 17.4. The van der Waals surface area contributed by atoms with Crippen molar-refractivity contribution in [2.24, 2.45) is 0 Å². The maximum absolute atomic E-state index is 11.9. The first-order valence-electron chi connectivity index (χ1n) is 8.32. The molecule has 0 unspecified atom stereocenters. The van der Waals surface area contributed by atoms with Crippen molar-refractivity contribution in [3.05, 3.63) is 30.0 Å². The van der Waals surface area contributed by atoms with E-state index in [-0.39, 0.29) is 18.6 Å². The lowest BCUT2D eigenvalue weighted by Gasteiger charge is -2.23. The molecule has 1 N–H and O–H groups in total. The van der Waals surface area contributed by atoms with Crippen LogP contribution in [0.25, 0.3) is 11.3 Å². The molecule has 0 amide bonds. The van der Waals surface area contributed by atoms with Gasteiger partial charge in [0.05, 0.1) is 26.4 Å². The van der Waals surface area contributed by atoms with Crippen LogP contribution < -0.4 is 4.74 Å². The molecule has 1 aromatic carbocycles. The molecule has 1 aliphatic rings. The molecule has 0 atom stereocenters. The van der Waals surface area contributed by atoms with Gasteiger partial charge < -0.3 is 18.9 Å². The Labute approximate surface area is 145 Å². The number of rotatable bonds is 7. The van der Waals surface area contributed by atoms with Crippen LogP contribution in [0.5, 0.6) is 5.75 Å². The highest BCUT2D eigenvalue weighted by molar-refractivity contribution is 5.93. The van der Waals surface area contributed by atoms with E-state index in [9.17, 15) is 4.79 Å². The lowest BCUT2D eigenvalue weighted by atomic mass is 10.1. The fourth-order valence-electron chi connectivity index (χ4n) is 2.48. The number of hydrogen-bond donors (Lipinski definition) is 1. The summed E-state index contributed by atoms with van der Waals surface area (Å²) in [7, 11) is 0. The number of nitrogens with one attached hydrogen (secondary N) is 1. The van der Waals surface area contributed by atoms with Gasteiger partial charge in [-0.25, -0.2) is 4.79 Å². The van der Waals surface area contributed by atoms with Gasteiger partial charge in [0.1, 0.15) is 11.4 Å². The second-order valence-electron chi connectivity index (χ2n) is 5.43. The zero-order valence-corrected chi connectivity index (χ0v) is 14.1. The van der Waals surface area contributed by atoms with Crippen LogP contribution in [-0.2, 0) is 14.2 Å². The average Bonchev–Trinajstić information content (AvgIpc) is 3.13. The zero-order chi connectivity index (χ0) is 17.5. The Morgan fingerprint density at radius 1 is 1.32 bits per heavy atom. The van der Waals surface area contributed by atoms with Crippen molar-refractivity contribution in [1.82, 2.24) is 15.4 Å². The molecule has 8 heteroatoms. The SMILES string of the molecule is CCOC(=O)c1n[nH]nc1-c1cccc(OCCC2OCCCO2)c1. The van der Waals surface area contributed by atoms with E-state index in [1.54, 1.807) is 6.92 Å². The topological polar surface area (TPSA) is 95.6 Å². The number of hydrogen-bond acceptors (Lipinski definition) is 7. The molecule has 8 nitrogen and oxygen atoms in total. The van der Waals surface area contributed by atoms with Crippen LogP contribution >= 0.6 is 0 Å². The van der Waals surface area contributed by atoms with E-state index in [4.69, 9.17) is 18.9 Å². The third-order valence-corrected chi connectivity index (χ3v) is 3.64. The Kier molecular flexibility index (Phi) is 5.97. The highest BCUT2D eigenvalue weighted by Gasteiger charge is 2.19. The van der Waals surface area contributed by atoms with Crippen LogP contribution in [0.2, 0.25) is 0 Å². The predicted molar refractivity (Wildman–Crippen MR) is 88.2 cm³/mol. The van der Waals surface area contributed by atoms with Crippen molar-refractivity contribution < 1.29 is 23.7 Å². The summed E-state index contributed by atoms with van der Waals surface area (Å²) in [5.41, 5.74) is 1.31. The largest absolute Gasteiger partial charge is 0.493 e. The second kappa shape index (κ2) is 8.59. The minimum absolute atomic E-state index is 0.156. The van der Waals surface area contributed by atoms with Gasteiger partial charge in [0.15, 0.2) is 12.0 Å². The van der Waals surface area contributed by atoms with Crippen molar-refractivity contribution in [1.29, 1.82) is 0 Å². The molecule has 0 aliphatic carbocycles. The van der Waals surface area contributed by atoms with Crippen molar-refractivity contribution in [3.8, 4) is 17.0 Å².